The minimum atomic E-state index is 0.233. The van der Waals surface area contributed by atoms with E-state index in [9.17, 15) is 0 Å². The molecule has 0 aliphatic carbocycles. The number of hydrogen-bond donors (Lipinski definition) is 1. The van der Waals surface area contributed by atoms with Crippen LogP contribution in [-0.4, -0.2) is 16.2 Å². The van der Waals surface area contributed by atoms with E-state index in [-0.39, 0.29) is 10.0 Å². The van der Waals surface area contributed by atoms with Crippen LogP contribution in [0.1, 0.15) is 0 Å². The number of nitrogens with one attached hydrogen (secondary N) is 1. The van der Waals surface area contributed by atoms with E-state index in [0.717, 1.165) is 16.2 Å². The van der Waals surface area contributed by atoms with Gasteiger partial charge in [0.1, 0.15) is 16.5 Å². The Kier molecular flexibility index (Phi) is 4.67. The van der Waals surface area contributed by atoms with Crippen LogP contribution >= 0.6 is 58.2 Å². The maximum Gasteiger partial charge on any atom is 0.166 e. The summed E-state index contributed by atoms with van der Waals surface area (Å²) in [6.07, 6.45) is 1.94. The Morgan fingerprint density at radius 3 is 2.50 bits per heavy atom. The van der Waals surface area contributed by atoms with Crippen LogP contribution in [0, 0.1) is 0 Å². The molecule has 0 spiro atoms. The number of halogens is 4. The molecule has 3 rings (SSSR count). The van der Waals surface area contributed by atoms with Gasteiger partial charge in [-0.2, -0.15) is 0 Å². The first-order valence-corrected chi connectivity index (χ1v) is 8.78. The van der Waals surface area contributed by atoms with Gasteiger partial charge in [0.15, 0.2) is 5.16 Å². The second-order valence-corrected chi connectivity index (χ2v) is 6.69. The molecule has 3 nitrogen and oxygen atoms in total. The van der Waals surface area contributed by atoms with E-state index in [1.165, 1.54) is 11.8 Å². The SMILES string of the molecule is CSc1nc2cc(Oc3ccc(Cl)c(Cl)c3Cl)c(Cl)cc2[nH]1. The number of ether oxygens (including phenoxy) is 1. The van der Waals surface area contributed by atoms with Crippen molar-refractivity contribution in [2.75, 3.05) is 6.26 Å². The Balaban J connectivity index is 2.03. The van der Waals surface area contributed by atoms with E-state index in [4.69, 9.17) is 51.1 Å². The van der Waals surface area contributed by atoms with Gasteiger partial charge in [0.05, 0.1) is 26.1 Å². The molecule has 0 aliphatic heterocycles. The van der Waals surface area contributed by atoms with Crippen molar-refractivity contribution in [3.05, 3.63) is 44.4 Å². The molecule has 1 heterocycles. The van der Waals surface area contributed by atoms with Gasteiger partial charge in [-0.15, -0.1) is 0 Å². The minimum Gasteiger partial charge on any atom is -0.454 e. The zero-order chi connectivity index (χ0) is 15.9. The molecule has 0 fully saturated rings. The lowest BCUT2D eigenvalue weighted by atomic mass is 10.3. The van der Waals surface area contributed by atoms with E-state index >= 15 is 0 Å². The fourth-order valence-corrected chi connectivity index (χ4v) is 3.04. The van der Waals surface area contributed by atoms with Crippen LogP contribution in [0.15, 0.2) is 29.4 Å². The van der Waals surface area contributed by atoms with E-state index in [0.29, 0.717) is 21.5 Å². The first-order chi connectivity index (χ1) is 10.5. The Morgan fingerprint density at radius 1 is 1.00 bits per heavy atom. The largest absolute Gasteiger partial charge is 0.454 e. The van der Waals surface area contributed by atoms with Crippen molar-refractivity contribution in [3.8, 4) is 11.5 Å². The number of hydrogen-bond acceptors (Lipinski definition) is 3. The van der Waals surface area contributed by atoms with Crippen LogP contribution in [0.5, 0.6) is 11.5 Å². The third-order valence-electron chi connectivity index (χ3n) is 2.93. The van der Waals surface area contributed by atoms with E-state index in [1.54, 1.807) is 24.3 Å². The smallest absolute Gasteiger partial charge is 0.166 e. The molecular formula is C14H8Cl4N2OS. The third kappa shape index (κ3) is 2.99. The Bertz CT molecular complexity index is 866. The standard InChI is InChI=1S/C14H8Cl4N2OS/c1-22-14-19-8-4-7(16)11(5-9(8)20-14)21-10-3-2-6(15)12(17)13(10)18/h2-5H,1H3,(H,19,20). The number of aromatic nitrogens is 2. The normalized spacial score (nSPS) is 11.1. The van der Waals surface area contributed by atoms with Crippen molar-refractivity contribution in [1.82, 2.24) is 9.97 Å². The molecule has 0 saturated heterocycles. The maximum absolute atomic E-state index is 6.25. The Hall–Kier alpha value is -0.780. The summed E-state index contributed by atoms with van der Waals surface area (Å²) in [5.41, 5.74) is 1.59. The quantitative estimate of drug-likeness (QED) is 0.397. The number of imidazole rings is 1. The van der Waals surface area contributed by atoms with Crippen LogP contribution in [0.25, 0.3) is 11.0 Å². The fraction of sp³-hybridized carbons (Fsp3) is 0.0714. The van der Waals surface area contributed by atoms with Gasteiger partial charge in [-0.3, -0.25) is 0 Å². The lowest BCUT2D eigenvalue weighted by Crippen LogP contribution is -1.88. The zero-order valence-corrected chi connectivity index (χ0v) is 14.9. The average molecular weight is 394 g/mol. The van der Waals surface area contributed by atoms with Crippen LogP contribution in [0.4, 0.5) is 0 Å². The van der Waals surface area contributed by atoms with Gasteiger partial charge in [0.25, 0.3) is 0 Å². The molecule has 2 aromatic carbocycles. The summed E-state index contributed by atoms with van der Waals surface area (Å²) in [7, 11) is 0. The topological polar surface area (TPSA) is 37.9 Å². The van der Waals surface area contributed by atoms with Gasteiger partial charge in [0, 0.05) is 6.07 Å². The fourth-order valence-electron chi connectivity index (χ4n) is 1.87. The van der Waals surface area contributed by atoms with Crippen molar-refractivity contribution in [1.29, 1.82) is 0 Å². The van der Waals surface area contributed by atoms with Gasteiger partial charge in [-0.05, 0) is 24.5 Å². The summed E-state index contributed by atoms with van der Waals surface area (Å²) in [4.78, 5) is 7.57. The molecule has 0 saturated carbocycles. The molecule has 0 atom stereocenters. The number of rotatable bonds is 3. The number of benzene rings is 2. The van der Waals surface area contributed by atoms with Crippen molar-refractivity contribution in [2.45, 2.75) is 5.16 Å². The van der Waals surface area contributed by atoms with E-state index < -0.39 is 0 Å². The average Bonchev–Trinajstić information content (AvgIpc) is 2.90. The lowest BCUT2D eigenvalue weighted by Gasteiger charge is -2.10. The zero-order valence-electron chi connectivity index (χ0n) is 11.1. The molecule has 0 amide bonds. The Labute approximate surface area is 150 Å². The highest BCUT2D eigenvalue weighted by Crippen LogP contribution is 2.41. The van der Waals surface area contributed by atoms with Gasteiger partial charge in [0.2, 0.25) is 0 Å². The second-order valence-electron chi connectivity index (χ2n) is 4.32. The number of thioether (sulfide) groups is 1. The summed E-state index contributed by atoms with van der Waals surface area (Å²) in [6.45, 7) is 0. The number of fused-ring (bicyclic) bond motifs is 1. The molecule has 114 valence electrons. The van der Waals surface area contributed by atoms with Crippen molar-refractivity contribution < 1.29 is 4.74 Å². The maximum atomic E-state index is 6.25. The predicted molar refractivity (Wildman–Crippen MR) is 94.4 cm³/mol. The third-order valence-corrected chi connectivity index (χ3v) is 5.08. The summed E-state index contributed by atoms with van der Waals surface area (Å²) in [5, 5.41) is 2.07. The predicted octanol–water partition coefficient (Wildman–Crippen LogP) is 6.69. The van der Waals surface area contributed by atoms with E-state index in [1.807, 2.05) is 6.26 Å². The molecule has 1 aromatic heterocycles. The lowest BCUT2D eigenvalue weighted by molar-refractivity contribution is 0.484. The molecule has 0 radical (unpaired) electrons. The van der Waals surface area contributed by atoms with E-state index in [2.05, 4.69) is 9.97 Å². The van der Waals surface area contributed by atoms with Crippen LogP contribution in [0.2, 0.25) is 20.1 Å². The van der Waals surface area contributed by atoms with Gasteiger partial charge < -0.3 is 9.72 Å². The molecule has 22 heavy (non-hydrogen) atoms. The van der Waals surface area contributed by atoms with Crippen LogP contribution in [-0.2, 0) is 0 Å². The molecular weight excluding hydrogens is 386 g/mol. The van der Waals surface area contributed by atoms with Crippen molar-refractivity contribution in [2.24, 2.45) is 0 Å². The molecule has 0 unspecified atom stereocenters. The van der Waals surface area contributed by atoms with Gasteiger partial charge in [-0.25, -0.2) is 4.98 Å². The number of aromatic amines is 1. The summed E-state index contributed by atoms with van der Waals surface area (Å²) < 4.78 is 5.76. The molecule has 0 aliphatic rings. The number of nitrogens with zero attached hydrogens (tertiary/aromatic N) is 1. The summed E-state index contributed by atoms with van der Waals surface area (Å²) in [5.74, 6) is 0.812. The summed E-state index contributed by atoms with van der Waals surface area (Å²) >= 11 is 25.8. The minimum absolute atomic E-state index is 0.233. The second kappa shape index (κ2) is 6.38. The van der Waals surface area contributed by atoms with Crippen LogP contribution in [0.3, 0.4) is 0 Å². The number of H-pyrrole nitrogens is 1. The van der Waals surface area contributed by atoms with Gasteiger partial charge >= 0.3 is 0 Å². The first kappa shape index (κ1) is 16.1. The van der Waals surface area contributed by atoms with Crippen molar-refractivity contribution >= 4 is 69.2 Å². The van der Waals surface area contributed by atoms with Gasteiger partial charge in [-0.1, -0.05) is 58.2 Å². The van der Waals surface area contributed by atoms with Crippen LogP contribution < -0.4 is 4.74 Å². The highest BCUT2D eigenvalue weighted by Gasteiger charge is 2.14. The molecule has 1 N–H and O–H groups in total. The highest BCUT2D eigenvalue weighted by atomic mass is 35.5. The molecule has 0 bridgehead atoms. The van der Waals surface area contributed by atoms with Crippen molar-refractivity contribution in [3.63, 3.8) is 0 Å². The highest BCUT2D eigenvalue weighted by molar-refractivity contribution is 7.98. The summed E-state index contributed by atoms with van der Waals surface area (Å²) in [6, 6.07) is 6.74. The first-order valence-electron chi connectivity index (χ1n) is 6.04. The Morgan fingerprint density at radius 2 is 1.77 bits per heavy atom. The monoisotopic (exact) mass is 392 g/mol. The molecule has 3 aromatic rings. The molecule has 8 heteroatoms.